The standard InChI is InChI=1S/C23H30ClN3O/c1-5-27(6-2)13-7-8-16(3)25-23-19-11-9-17(24)14-22(19)26-21-12-10-18(28-4)15-20(21)23/h9-12,14-16H,5-8,13H2,1-4H3,(H,25,26)/i1D3,2D3,5D2,6D2. The van der Waals surface area contributed by atoms with Gasteiger partial charge in [0.25, 0.3) is 0 Å². The van der Waals surface area contributed by atoms with E-state index in [-0.39, 0.29) is 12.5 Å². The third kappa shape index (κ3) is 4.68. The second kappa shape index (κ2) is 9.44. The van der Waals surface area contributed by atoms with E-state index in [1.54, 1.807) is 25.3 Å². The second-order valence-corrected chi connectivity index (χ2v) is 7.03. The normalized spacial score (nSPS) is 19.9. The third-order valence-corrected chi connectivity index (χ3v) is 4.86. The van der Waals surface area contributed by atoms with Gasteiger partial charge in [-0.1, -0.05) is 25.3 Å². The number of hydrogen-bond donors (Lipinski definition) is 1. The zero-order valence-electron chi connectivity index (χ0n) is 25.8. The Morgan fingerprint density at radius 3 is 2.75 bits per heavy atom. The molecule has 2 aromatic carbocycles. The molecule has 1 unspecified atom stereocenters. The largest absolute Gasteiger partial charge is 0.497 e. The summed E-state index contributed by atoms with van der Waals surface area (Å²) in [6.07, 6.45) is 0.475. The van der Waals surface area contributed by atoms with Crippen LogP contribution in [0.1, 0.15) is 47.2 Å². The molecule has 0 saturated heterocycles. The van der Waals surface area contributed by atoms with E-state index in [2.05, 4.69) is 5.32 Å². The highest BCUT2D eigenvalue weighted by Crippen LogP contribution is 2.34. The van der Waals surface area contributed by atoms with Gasteiger partial charge in [-0.25, -0.2) is 4.98 Å². The lowest BCUT2D eigenvalue weighted by molar-refractivity contribution is 0.295. The van der Waals surface area contributed by atoms with Crippen LogP contribution in [0.3, 0.4) is 0 Å². The molecule has 3 aromatic rings. The first kappa shape index (κ1) is 11.2. The molecule has 28 heavy (non-hydrogen) atoms. The molecule has 1 N–H and O–H groups in total. The summed E-state index contributed by atoms with van der Waals surface area (Å²) in [6.45, 7) is -11.5. The Bertz CT molecular complexity index is 1270. The molecule has 5 heteroatoms. The maximum atomic E-state index is 8.07. The number of fused-ring (bicyclic) bond motifs is 2. The molecule has 0 saturated carbocycles. The highest BCUT2D eigenvalue weighted by molar-refractivity contribution is 6.31. The summed E-state index contributed by atoms with van der Waals surface area (Å²) >= 11 is 6.18. The van der Waals surface area contributed by atoms with Crippen LogP contribution in [0.25, 0.3) is 21.8 Å². The Morgan fingerprint density at radius 2 is 2.00 bits per heavy atom. The predicted molar refractivity (Wildman–Crippen MR) is 121 cm³/mol. The fourth-order valence-corrected chi connectivity index (χ4v) is 3.36. The number of ether oxygens (including phenoxy) is 1. The van der Waals surface area contributed by atoms with Gasteiger partial charge < -0.3 is 15.0 Å². The van der Waals surface area contributed by atoms with Crippen LogP contribution in [0.4, 0.5) is 5.69 Å². The molecule has 0 bridgehead atoms. The van der Waals surface area contributed by atoms with Gasteiger partial charge in [-0.05, 0) is 75.7 Å². The highest BCUT2D eigenvalue weighted by atomic mass is 35.5. The van der Waals surface area contributed by atoms with Crippen molar-refractivity contribution in [3.63, 3.8) is 0 Å². The molecule has 0 amide bonds. The van der Waals surface area contributed by atoms with Crippen LogP contribution in [-0.4, -0.2) is 42.6 Å². The Hall–Kier alpha value is -2.04. The van der Waals surface area contributed by atoms with E-state index in [1.807, 2.05) is 25.1 Å². The predicted octanol–water partition coefficient (Wildman–Crippen LogP) is 5.97. The van der Waals surface area contributed by atoms with E-state index < -0.39 is 33.2 Å². The van der Waals surface area contributed by atoms with E-state index in [9.17, 15) is 0 Å². The van der Waals surface area contributed by atoms with Crippen molar-refractivity contribution in [3.05, 3.63) is 41.4 Å². The molecule has 0 spiro atoms. The molecule has 0 aliphatic rings. The Morgan fingerprint density at radius 1 is 1.18 bits per heavy atom. The Balaban J connectivity index is 1.89. The van der Waals surface area contributed by atoms with Crippen LogP contribution in [-0.2, 0) is 0 Å². The number of rotatable bonds is 9. The van der Waals surface area contributed by atoms with E-state index in [0.717, 1.165) is 16.5 Å². The van der Waals surface area contributed by atoms with Crippen LogP contribution >= 0.6 is 11.6 Å². The van der Waals surface area contributed by atoms with Crippen LogP contribution in [0.15, 0.2) is 36.4 Å². The molecular formula is C23H30ClN3O. The molecule has 150 valence electrons. The van der Waals surface area contributed by atoms with Gasteiger partial charge in [-0.3, -0.25) is 0 Å². The maximum Gasteiger partial charge on any atom is 0.119 e. The van der Waals surface area contributed by atoms with Crippen molar-refractivity contribution >= 4 is 39.1 Å². The van der Waals surface area contributed by atoms with Crippen molar-refractivity contribution in [1.29, 1.82) is 0 Å². The fraction of sp³-hybridized carbons (Fsp3) is 0.435. The number of anilines is 1. The molecule has 3 rings (SSSR count). The number of aromatic nitrogens is 1. The van der Waals surface area contributed by atoms with Gasteiger partial charge in [-0.2, -0.15) is 0 Å². The zero-order valence-corrected chi connectivity index (χ0v) is 16.6. The summed E-state index contributed by atoms with van der Waals surface area (Å²) in [5.41, 5.74) is 2.14. The molecule has 1 atom stereocenters. The molecule has 0 radical (unpaired) electrons. The second-order valence-electron chi connectivity index (χ2n) is 6.59. The first-order chi connectivity index (χ1) is 17.4. The summed E-state index contributed by atoms with van der Waals surface area (Å²) < 4.78 is 82.9. The van der Waals surface area contributed by atoms with Crippen LogP contribution < -0.4 is 10.1 Å². The van der Waals surface area contributed by atoms with Gasteiger partial charge in [0.05, 0.1) is 23.8 Å². The molecular weight excluding hydrogens is 370 g/mol. The smallest absolute Gasteiger partial charge is 0.119 e. The quantitative estimate of drug-likeness (QED) is 0.441. The molecule has 0 aliphatic heterocycles. The van der Waals surface area contributed by atoms with E-state index in [0.29, 0.717) is 33.1 Å². The lowest BCUT2D eigenvalue weighted by Crippen LogP contribution is -2.25. The SMILES string of the molecule is [2H]C([2H])([2H])C([2H])([2H])N(CCCC(C)Nc1c2ccc(Cl)cc2nc2ccc(OC)cc12)C([2H])([2H])C([2H])([2H])[2H]. The van der Waals surface area contributed by atoms with Gasteiger partial charge in [0.15, 0.2) is 0 Å². The molecule has 4 nitrogen and oxygen atoms in total. The first-order valence-electron chi connectivity index (χ1n) is 14.0. The Kier molecular flexibility index (Phi) is 3.78. The number of benzene rings is 2. The minimum atomic E-state index is -3.26. The lowest BCUT2D eigenvalue weighted by atomic mass is 10.1. The number of nitrogens with zero attached hydrogens (tertiary/aromatic N) is 2. The van der Waals surface area contributed by atoms with Crippen LogP contribution in [0, 0.1) is 0 Å². The number of halogens is 1. The fourth-order valence-electron chi connectivity index (χ4n) is 3.19. The monoisotopic (exact) mass is 409 g/mol. The van der Waals surface area contributed by atoms with Crippen molar-refractivity contribution in [2.75, 3.05) is 32.0 Å². The van der Waals surface area contributed by atoms with Crippen LogP contribution in [0.2, 0.25) is 5.02 Å². The van der Waals surface area contributed by atoms with E-state index in [1.165, 1.54) is 0 Å². The van der Waals surface area contributed by atoms with Gasteiger partial charge in [-0.15, -0.1) is 0 Å². The molecule has 0 fully saturated rings. The zero-order chi connectivity index (χ0) is 28.7. The average Bonchev–Trinajstić information content (AvgIpc) is 2.79. The van der Waals surface area contributed by atoms with Gasteiger partial charge in [0.2, 0.25) is 0 Å². The third-order valence-electron chi connectivity index (χ3n) is 4.62. The summed E-state index contributed by atoms with van der Waals surface area (Å²) in [5, 5.41) is 5.58. The van der Waals surface area contributed by atoms with E-state index >= 15 is 0 Å². The lowest BCUT2D eigenvalue weighted by Gasteiger charge is -2.22. The summed E-state index contributed by atoms with van der Waals surface area (Å²) in [6, 6.07) is 10.6. The van der Waals surface area contributed by atoms with Crippen molar-refractivity contribution in [1.82, 2.24) is 9.88 Å². The number of methoxy groups -OCH3 is 1. The number of pyridine rings is 1. The van der Waals surface area contributed by atoms with Gasteiger partial charge >= 0.3 is 0 Å². The minimum absolute atomic E-state index is 0.120. The van der Waals surface area contributed by atoms with Crippen molar-refractivity contribution < 1.29 is 18.4 Å². The summed E-state index contributed by atoms with van der Waals surface area (Å²) in [4.78, 5) is 4.99. The number of nitrogens with one attached hydrogen (secondary N) is 1. The minimum Gasteiger partial charge on any atom is -0.497 e. The van der Waals surface area contributed by atoms with E-state index in [4.69, 9.17) is 35.0 Å². The van der Waals surface area contributed by atoms with Gasteiger partial charge in [0, 0.05) is 35.5 Å². The summed E-state index contributed by atoms with van der Waals surface area (Å²) in [7, 11) is 1.56. The van der Waals surface area contributed by atoms with Crippen molar-refractivity contribution in [2.45, 2.75) is 39.5 Å². The highest BCUT2D eigenvalue weighted by Gasteiger charge is 2.13. The summed E-state index contributed by atoms with van der Waals surface area (Å²) in [5.74, 6) is 0.637. The van der Waals surface area contributed by atoms with Crippen molar-refractivity contribution in [3.8, 4) is 5.75 Å². The molecule has 0 aliphatic carbocycles. The average molecular weight is 410 g/mol. The Labute approximate surface area is 186 Å². The first-order valence-corrected chi connectivity index (χ1v) is 9.39. The maximum absolute atomic E-state index is 8.07. The number of hydrogen-bond acceptors (Lipinski definition) is 4. The van der Waals surface area contributed by atoms with Crippen molar-refractivity contribution in [2.24, 2.45) is 0 Å². The van der Waals surface area contributed by atoms with Gasteiger partial charge in [0.1, 0.15) is 5.75 Å². The van der Waals surface area contributed by atoms with Crippen LogP contribution in [0.5, 0.6) is 5.75 Å². The topological polar surface area (TPSA) is 37.4 Å². The molecule has 1 aromatic heterocycles. The molecule has 1 heterocycles.